The number of piperidine rings is 1. The van der Waals surface area contributed by atoms with Crippen molar-refractivity contribution < 1.29 is 19.4 Å². The van der Waals surface area contributed by atoms with E-state index >= 15 is 0 Å². The number of quaternary nitrogens is 2. The average Bonchev–Trinajstić information content (AvgIpc) is 3.48. The van der Waals surface area contributed by atoms with Gasteiger partial charge < -0.3 is 30.6 Å². The van der Waals surface area contributed by atoms with Crippen molar-refractivity contribution in [3.05, 3.63) is 39.9 Å². The minimum absolute atomic E-state index is 0.0200. The van der Waals surface area contributed by atoms with Crippen LogP contribution in [0.15, 0.2) is 23.9 Å². The number of nitrogens with two attached hydrogens (primary N) is 1. The maximum atomic E-state index is 13.8. The van der Waals surface area contributed by atoms with Gasteiger partial charge in [0.15, 0.2) is 16.9 Å². The topological polar surface area (TPSA) is 136 Å². The summed E-state index contributed by atoms with van der Waals surface area (Å²) in [4.78, 5) is 24.3. The van der Waals surface area contributed by atoms with Crippen molar-refractivity contribution >= 4 is 23.1 Å². The summed E-state index contributed by atoms with van der Waals surface area (Å²) in [5, 5.41) is 37.0. The number of carbonyl (C=O) groups excluding carboxylic acids is 1. The fourth-order valence-corrected chi connectivity index (χ4v) is 4.79. The van der Waals surface area contributed by atoms with Gasteiger partial charge in [-0.3, -0.25) is 9.44 Å². The molecule has 2 heterocycles. The van der Waals surface area contributed by atoms with Gasteiger partial charge in [0, 0.05) is 24.8 Å². The van der Waals surface area contributed by atoms with Gasteiger partial charge in [-0.05, 0) is 12.5 Å². The summed E-state index contributed by atoms with van der Waals surface area (Å²) in [6, 6.07) is 2.19. The third kappa shape index (κ3) is 3.06. The Labute approximate surface area is 168 Å². The third-order valence-corrected chi connectivity index (χ3v) is 6.07. The van der Waals surface area contributed by atoms with E-state index in [9.17, 15) is 25.1 Å². The monoisotopic (exact) mass is 403 g/mol. The largest absolute Gasteiger partial charge is 0.627 e. The van der Waals surface area contributed by atoms with E-state index in [1.807, 2.05) is 6.92 Å². The second-order valence-electron chi connectivity index (χ2n) is 8.49. The predicted octanol–water partition coefficient (Wildman–Crippen LogP) is 2.00. The quantitative estimate of drug-likeness (QED) is 0.446. The molecule has 1 aromatic carbocycles. The molecule has 2 fully saturated rings. The molecular weight excluding hydrogens is 378 g/mol. The maximum Gasteiger partial charge on any atom is 0.345 e. The van der Waals surface area contributed by atoms with Crippen LogP contribution in [0.1, 0.15) is 36.5 Å². The summed E-state index contributed by atoms with van der Waals surface area (Å²) in [5.41, 5.74) is 5.82. The van der Waals surface area contributed by atoms with Gasteiger partial charge in [0.2, 0.25) is 11.5 Å². The number of benzene rings is 1. The summed E-state index contributed by atoms with van der Waals surface area (Å²) >= 11 is 0. The molecule has 1 aromatic rings. The van der Waals surface area contributed by atoms with Gasteiger partial charge in [0.25, 0.3) is 0 Å². The summed E-state index contributed by atoms with van der Waals surface area (Å²) in [5.74, 6) is -2.03. The number of hydrogen-bond acceptors (Lipinski definition) is 6. The van der Waals surface area contributed by atoms with Crippen LogP contribution in [0.5, 0.6) is 5.75 Å². The molecule has 1 saturated carbocycles. The molecule has 4 rings (SSSR count). The Bertz CT molecular complexity index is 915. The molecule has 2 aliphatic heterocycles. The van der Waals surface area contributed by atoms with Gasteiger partial charge in [-0.1, -0.05) is 6.92 Å². The number of carboxylic acid groups (broad SMARTS) is 1. The number of fused-ring (bicyclic) bond motifs is 1. The highest BCUT2D eigenvalue weighted by atomic mass is 16.6. The molecule has 9 heteroatoms. The van der Waals surface area contributed by atoms with Crippen molar-refractivity contribution in [2.24, 2.45) is 11.7 Å². The number of carbonyl (C=O) groups is 2. The number of ketones is 1. The van der Waals surface area contributed by atoms with Gasteiger partial charge >= 0.3 is 5.97 Å². The lowest BCUT2D eigenvalue weighted by Crippen LogP contribution is -2.58. The van der Waals surface area contributed by atoms with E-state index in [1.54, 1.807) is 0 Å². The van der Waals surface area contributed by atoms with Crippen LogP contribution in [0.3, 0.4) is 0 Å². The van der Waals surface area contributed by atoms with Crippen LogP contribution in [-0.2, 0) is 4.79 Å². The Morgan fingerprint density at radius 3 is 2.52 bits per heavy atom. The van der Waals surface area contributed by atoms with Crippen LogP contribution >= 0.6 is 0 Å². The van der Waals surface area contributed by atoms with Gasteiger partial charge in [0.05, 0.1) is 37.8 Å². The number of rotatable bonds is 4. The molecule has 156 valence electrons. The summed E-state index contributed by atoms with van der Waals surface area (Å²) < 4.78 is 3.71. The van der Waals surface area contributed by atoms with Crippen LogP contribution in [-0.4, -0.2) is 49.1 Å². The van der Waals surface area contributed by atoms with Crippen LogP contribution in [0.4, 0.5) is 11.4 Å². The molecule has 0 amide bonds. The predicted molar refractivity (Wildman–Crippen MR) is 108 cm³/mol. The lowest BCUT2D eigenvalue weighted by molar-refractivity contribution is -0.132. The second kappa shape index (κ2) is 6.61. The van der Waals surface area contributed by atoms with Crippen molar-refractivity contribution in [3.8, 4) is 5.75 Å². The number of Topliss-reactive ketones (excluding diaryl/α,β-unsaturated/α-hetero) is 1. The third-order valence-electron chi connectivity index (χ3n) is 6.07. The molecule has 0 bridgehead atoms. The van der Waals surface area contributed by atoms with Crippen molar-refractivity contribution in [2.75, 3.05) is 20.2 Å². The molecule has 9 nitrogen and oxygen atoms in total. The van der Waals surface area contributed by atoms with Gasteiger partial charge in [-0.25, -0.2) is 4.79 Å². The first-order valence-corrected chi connectivity index (χ1v) is 9.76. The van der Waals surface area contributed by atoms with E-state index in [-0.39, 0.29) is 47.7 Å². The molecule has 29 heavy (non-hydrogen) atoms. The van der Waals surface area contributed by atoms with Crippen molar-refractivity contribution in [1.82, 2.24) is 9.29 Å². The Kier molecular flexibility index (Phi) is 4.56. The molecule has 0 spiro atoms. The first-order chi connectivity index (χ1) is 13.6. The SMILES string of the molecule is COc1c([N+]2([O-])C[C@@H](C)C[C@H](N)C2)ccc2c1[N+]([O-])(C1CC1)C=C(C(=O)O)C2=O. The fourth-order valence-electron chi connectivity index (χ4n) is 4.79. The summed E-state index contributed by atoms with van der Waals surface area (Å²) in [6.07, 6.45) is 2.90. The van der Waals surface area contributed by atoms with Crippen molar-refractivity contribution in [1.29, 1.82) is 0 Å². The Hall–Kier alpha value is -2.30. The molecule has 0 aromatic heterocycles. The highest BCUT2D eigenvalue weighted by Crippen LogP contribution is 2.53. The highest BCUT2D eigenvalue weighted by molar-refractivity contribution is 6.27. The number of aliphatic carboxylic acids is 1. The molecule has 0 radical (unpaired) electrons. The summed E-state index contributed by atoms with van der Waals surface area (Å²) in [7, 11) is 1.36. The molecule has 4 atom stereocenters. The number of nitrogens with zero attached hydrogens (tertiary/aromatic N) is 2. The maximum absolute atomic E-state index is 13.8. The minimum atomic E-state index is -1.44. The van der Waals surface area contributed by atoms with E-state index in [0.29, 0.717) is 12.8 Å². The number of carboxylic acids is 1. The van der Waals surface area contributed by atoms with E-state index in [0.717, 1.165) is 12.6 Å². The van der Waals surface area contributed by atoms with Crippen LogP contribution in [0, 0.1) is 16.3 Å². The van der Waals surface area contributed by atoms with Gasteiger partial charge in [-0.15, -0.1) is 0 Å². The zero-order valence-electron chi connectivity index (χ0n) is 16.5. The standard InChI is InChI=1S/C20H25N3O6/c1-11-7-12(21)9-22(27,8-11)16-6-5-14-17(19(16)29-2)23(28,13-3-4-13)10-15(18(14)24)20(25)26/h5-6,10-13H,3-4,7-9,21H2,1-2H3,(H,25,26)/t11-,12-,22?,23?/m0/s1. The normalized spacial score (nSPS) is 34.4. The van der Waals surface area contributed by atoms with E-state index in [1.165, 1.54) is 19.2 Å². The molecule has 1 aliphatic carbocycles. The number of hydrogen-bond donors (Lipinski definition) is 2. The molecule has 1 saturated heterocycles. The lowest BCUT2D eigenvalue weighted by Gasteiger charge is -2.50. The van der Waals surface area contributed by atoms with Crippen LogP contribution in [0.25, 0.3) is 0 Å². The molecule has 2 unspecified atom stereocenters. The second-order valence-corrected chi connectivity index (χ2v) is 8.49. The Morgan fingerprint density at radius 1 is 1.28 bits per heavy atom. The number of ether oxygens (including phenoxy) is 1. The molecule has 3 N–H and O–H groups in total. The highest BCUT2D eigenvalue weighted by Gasteiger charge is 2.50. The first kappa shape index (κ1) is 20.0. The van der Waals surface area contributed by atoms with Gasteiger partial charge in [-0.2, -0.15) is 0 Å². The zero-order valence-corrected chi connectivity index (χ0v) is 16.5. The van der Waals surface area contributed by atoms with Crippen molar-refractivity contribution in [2.45, 2.75) is 38.3 Å². The molecule has 3 aliphatic rings. The van der Waals surface area contributed by atoms with Crippen LogP contribution < -0.4 is 19.8 Å². The minimum Gasteiger partial charge on any atom is -0.627 e. The van der Waals surface area contributed by atoms with E-state index in [4.69, 9.17) is 10.5 Å². The number of methoxy groups -OCH3 is 1. The Morgan fingerprint density at radius 2 is 1.97 bits per heavy atom. The van der Waals surface area contributed by atoms with E-state index < -0.39 is 32.7 Å². The lowest BCUT2D eigenvalue weighted by atomic mass is 9.93. The molecular formula is C20H25N3O6. The summed E-state index contributed by atoms with van der Waals surface area (Å²) in [6.45, 7) is 2.39. The average molecular weight is 403 g/mol. The van der Waals surface area contributed by atoms with Crippen molar-refractivity contribution in [3.63, 3.8) is 0 Å². The van der Waals surface area contributed by atoms with Crippen LogP contribution in [0.2, 0.25) is 0 Å². The fraction of sp³-hybridized carbons (Fsp3) is 0.500. The first-order valence-electron chi connectivity index (χ1n) is 9.76. The Balaban J connectivity index is 1.94. The number of hydroxylamine groups is 4. The zero-order chi connectivity index (χ0) is 21.1. The smallest absolute Gasteiger partial charge is 0.345 e. The van der Waals surface area contributed by atoms with E-state index in [2.05, 4.69) is 0 Å². The van der Waals surface area contributed by atoms with Gasteiger partial charge in [0.1, 0.15) is 6.20 Å².